The molecule has 0 radical (unpaired) electrons. The van der Waals surface area contributed by atoms with Crippen molar-refractivity contribution in [1.29, 1.82) is 0 Å². The Labute approximate surface area is 199 Å². The minimum atomic E-state index is -0.515. The summed E-state index contributed by atoms with van der Waals surface area (Å²) < 4.78 is 7.08. The standard InChI is InChI=1S/C20H14Cl2N4O4S2/c21-11-5-6-12(13(22)9-11)15(27)10-31-19-25-24-18(32-19)23-17(28)7-8-26-14-3-1-2-4-16(14)30-20(26)29/h1-6,9H,7-8,10H2,(H,23,24,28). The van der Waals surface area contributed by atoms with Crippen molar-refractivity contribution >= 4 is 74.2 Å². The normalized spacial score (nSPS) is 11.1. The summed E-state index contributed by atoms with van der Waals surface area (Å²) in [4.78, 5) is 36.6. The molecule has 12 heteroatoms. The molecule has 0 unspecified atom stereocenters. The van der Waals surface area contributed by atoms with Crippen LogP contribution in [0.4, 0.5) is 5.13 Å². The van der Waals surface area contributed by atoms with E-state index in [1.807, 2.05) is 0 Å². The lowest BCUT2D eigenvalue weighted by molar-refractivity contribution is -0.116. The fourth-order valence-corrected chi connectivity index (χ4v) is 5.03. The molecular weight excluding hydrogens is 495 g/mol. The summed E-state index contributed by atoms with van der Waals surface area (Å²) in [5, 5.41) is 11.6. The van der Waals surface area contributed by atoms with Crippen molar-refractivity contribution in [1.82, 2.24) is 14.8 Å². The molecule has 0 atom stereocenters. The van der Waals surface area contributed by atoms with E-state index >= 15 is 0 Å². The summed E-state index contributed by atoms with van der Waals surface area (Å²) >= 11 is 14.3. The predicted octanol–water partition coefficient (Wildman–Crippen LogP) is 4.76. The Hall–Kier alpha value is -2.66. The average molecular weight is 509 g/mol. The lowest BCUT2D eigenvalue weighted by atomic mass is 10.1. The van der Waals surface area contributed by atoms with Gasteiger partial charge in [-0.1, -0.05) is 58.4 Å². The second kappa shape index (κ2) is 9.86. The summed E-state index contributed by atoms with van der Waals surface area (Å²) in [5.74, 6) is -0.895. The first kappa shape index (κ1) is 22.5. The molecule has 0 saturated carbocycles. The van der Waals surface area contributed by atoms with Crippen molar-refractivity contribution in [3.8, 4) is 0 Å². The Kier molecular flexibility index (Phi) is 6.95. The molecule has 0 aliphatic rings. The number of hydrogen-bond acceptors (Lipinski definition) is 8. The number of carbonyl (C=O) groups excluding carboxylic acids is 2. The van der Waals surface area contributed by atoms with Crippen molar-refractivity contribution in [2.45, 2.75) is 17.3 Å². The Morgan fingerprint density at radius 2 is 1.97 bits per heavy atom. The summed E-state index contributed by atoms with van der Waals surface area (Å²) in [7, 11) is 0. The maximum absolute atomic E-state index is 12.4. The largest absolute Gasteiger partial charge is 0.419 e. The third kappa shape index (κ3) is 5.21. The molecule has 0 aliphatic heterocycles. The summed E-state index contributed by atoms with van der Waals surface area (Å²) in [6.07, 6.45) is 0.0546. The first-order valence-electron chi connectivity index (χ1n) is 9.23. The maximum Gasteiger partial charge on any atom is 0.419 e. The highest BCUT2D eigenvalue weighted by Crippen LogP contribution is 2.28. The van der Waals surface area contributed by atoms with Crippen LogP contribution >= 0.6 is 46.3 Å². The van der Waals surface area contributed by atoms with Gasteiger partial charge in [0.2, 0.25) is 11.0 Å². The van der Waals surface area contributed by atoms with E-state index in [1.54, 1.807) is 36.4 Å². The molecule has 2 heterocycles. The lowest BCUT2D eigenvalue weighted by Crippen LogP contribution is -2.19. The molecule has 8 nitrogen and oxygen atoms in total. The molecular formula is C20H14Cl2N4O4S2. The van der Waals surface area contributed by atoms with Gasteiger partial charge < -0.3 is 9.73 Å². The molecule has 2 aromatic carbocycles. The van der Waals surface area contributed by atoms with E-state index in [1.165, 1.54) is 22.4 Å². The van der Waals surface area contributed by atoms with Crippen LogP contribution in [-0.2, 0) is 11.3 Å². The van der Waals surface area contributed by atoms with E-state index in [9.17, 15) is 14.4 Å². The number of carbonyl (C=O) groups is 2. The molecule has 164 valence electrons. The number of benzene rings is 2. The van der Waals surface area contributed by atoms with Gasteiger partial charge in [-0.15, -0.1) is 10.2 Å². The molecule has 0 bridgehead atoms. The third-order valence-electron chi connectivity index (χ3n) is 4.35. The van der Waals surface area contributed by atoms with E-state index in [0.717, 1.165) is 11.3 Å². The maximum atomic E-state index is 12.4. The highest BCUT2D eigenvalue weighted by Gasteiger charge is 2.15. The smallest absolute Gasteiger partial charge is 0.408 e. The molecule has 1 amide bonds. The number of nitrogens with one attached hydrogen (secondary N) is 1. The molecule has 0 spiro atoms. The predicted molar refractivity (Wildman–Crippen MR) is 125 cm³/mol. The number of aryl methyl sites for hydroxylation is 1. The fourth-order valence-electron chi connectivity index (χ4n) is 2.86. The number of ketones is 1. The molecule has 4 rings (SSSR count). The molecule has 1 N–H and O–H groups in total. The van der Waals surface area contributed by atoms with Gasteiger partial charge in [0, 0.05) is 23.6 Å². The minimum absolute atomic E-state index is 0.0546. The Morgan fingerprint density at radius 3 is 2.78 bits per heavy atom. The van der Waals surface area contributed by atoms with Crippen molar-refractivity contribution in [2.24, 2.45) is 0 Å². The Morgan fingerprint density at radius 1 is 1.16 bits per heavy atom. The number of amides is 1. The summed E-state index contributed by atoms with van der Waals surface area (Å²) in [6.45, 7) is 0.165. The number of fused-ring (bicyclic) bond motifs is 1. The topological polar surface area (TPSA) is 107 Å². The number of halogens is 2. The van der Waals surface area contributed by atoms with Gasteiger partial charge in [-0.05, 0) is 30.3 Å². The van der Waals surface area contributed by atoms with E-state index in [2.05, 4.69) is 15.5 Å². The zero-order chi connectivity index (χ0) is 22.7. The Balaban J connectivity index is 1.31. The summed E-state index contributed by atoms with van der Waals surface area (Å²) in [5.41, 5.74) is 1.48. The van der Waals surface area contributed by atoms with Crippen LogP contribution in [0.15, 0.2) is 56.0 Å². The third-order valence-corrected chi connectivity index (χ3v) is 6.87. The van der Waals surface area contributed by atoms with Crippen LogP contribution in [0.25, 0.3) is 11.1 Å². The first-order valence-corrected chi connectivity index (χ1v) is 11.8. The van der Waals surface area contributed by atoms with Crippen LogP contribution in [0.3, 0.4) is 0 Å². The molecule has 0 aliphatic carbocycles. The van der Waals surface area contributed by atoms with E-state index in [-0.39, 0.29) is 35.4 Å². The van der Waals surface area contributed by atoms with Gasteiger partial charge >= 0.3 is 5.76 Å². The van der Waals surface area contributed by atoms with Gasteiger partial charge in [0.05, 0.1) is 16.3 Å². The number of rotatable bonds is 8. The molecule has 4 aromatic rings. The number of para-hydroxylation sites is 2. The van der Waals surface area contributed by atoms with E-state index in [4.69, 9.17) is 27.6 Å². The zero-order valence-electron chi connectivity index (χ0n) is 16.2. The van der Waals surface area contributed by atoms with Crippen LogP contribution < -0.4 is 11.1 Å². The lowest BCUT2D eigenvalue weighted by Gasteiger charge is -2.03. The number of nitrogens with zero attached hydrogens (tertiary/aromatic N) is 3. The number of Topliss-reactive ketones (excluding diaryl/α,β-unsaturated/α-hetero) is 1. The zero-order valence-corrected chi connectivity index (χ0v) is 19.4. The second-order valence-electron chi connectivity index (χ2n) is 6.49. The van der Waals surface area contributed by atoms with Crippen molar-refractivity contribution < 1.29 is 14.0 Å². The van der Waals surface area contributed by atoms with Gasteiger partial charge in [0.1, 0.15) is 0 Å². The second-order valence-corrected chi connectivity index (χ2v) is 9.54. The van der Waals surface area contributed by atoms with E-state index < -0.39 is 5.76 Å². The number of oxazole rings is 1. The first-order chi connectivity index (χ1) is 15.4. The van der Waals surface area contributed by atoms with Crippen LogP contribution in [-0.4, -0.2) is 32.2 Å². The van der Waals surface area contributed by atoms with Gasteiger partial charge in [-0.3, -0.25) is 14.2 Å². The fraction of sp³-hybridized carbons (Fsp3) is 0.150. The van der Waals surface area contributed by atoms with Crippen LogP contribution in [0, 0.1) is 0 Å². The van der Waals surface area contributed by atoms with Crippen LogP contribution in [0.1, 0.15) is 16.8 Å². The molecule has 2 aromatic heterocycles. The van der Waals surface area contributed by atoms with Crippen LogP contribution in [0.2, 0.25) is 10.0 Å². The SMILES string of the molecule is O=C(CCn1c(=O)oc2ccccc21)Nc1nnc(SCC(=O)c2ccc(Cl)cc2Cl)s1. The van der Waals surface area contributed by atoms with Gasteiger partial charge in [0.15, 0.2) is 15.7 Å². The van der Waals surface area contributed by atoms with Gasteiger partial charge in [-0.2, -0.15) is 0 Å². The van der Waals surface area contributed by atoms with Crippen molar-refractivity contribution in [3.63, 3.8) is 0 Å². The van der Waals surface area contributed by atoms with Gasteiger partial charge in [0.25, 0.3) is 0 Å². The molecule has 32 heavy (non-hydrogen) atoms. The highest BCUT2D eigenvalue weighted by atomic mass is 35.5. The van der Waals surface area contributed by atoms with Gasteiger partial charge in [-0.25, -0.2) is 4.79 Å². The summed E-state index contributed by atoms with van der Waals surface area (Å²) in [6, 6.07) is 11.7. The highest BCUT2D eigenvalue weighted by molar-refractivity contribution is 8.01. The number of hydrogen-bond donors (Lipinski definition) is 1. The monoisotopic (exact) mass is 508 g/mol. The quantitative estimate of drug-likeness (QED) is 0.207. The molecule has 0 fully saturated rings. The van der Waals surface area contributed by atoms with Crippen molar-refractivity contribution in [3.05, 3.63) is 68.6 Å². The van der Waals surface area contributed by atoms with Crippen molar-refractivity contribution in [2.75, 3.05) is 11.1 Å². The Bertz CT molecular complexity index is 1370. The number of thioether (sulfide) groups is 1. The number of aromatic nitrogens is 3. The minimum Gasteiger partial charge on any atom is -0.408 e. The molecule has 0 saturated heterocycles. The average Bonchev–Trinajstić information content (AvgIpc) is 3.33. The van der Waals surface area contributed by atoms with Crippen LogP contribution in [0.5, 0.6) is 0 Å². The number of anilines is 1. The van der Waals surface area contributed by atoms with E-state index in [0.29, 0.717) is 31.2 Å².